The molecule has 0 atom stereocenters. The average Bonchev–Trinajstić information content (AvgIpc) is 3.73. The lowest BCUT2D eigenvalue weighted by Crippen LogP contribution is -2.01. The molecule has 0 radical (unpaired) electrons. The van der Waals surface area contributed by atoms with E-state index in [2.05, 4.69) is 164 Å². The Hall–Kier alpha value is -7.69. The fourth-order valence-electron chi connectivity index (χ4n) is 8.12. The monoisotopic (exact) mass is 727 g/mol. The Bertz CT molecular complexity index is 3240. The Morgan fingerprint density at radius 2 is 0.842 bits per heavy atom. The van der Waals surface area contributed by atoms with Gasteiger partial charge in [-0.15, -0.1) is 0 Å². The van der Waals surface area contributed by atoms with Crippen molar-refractivity contribution < 1.29 is 4.42 Å². The highest BCUT2D eigenvalue weighted by Gasteiger charge is 2.19. The molecule has 0 N–H and O–H groups in total. The third-order valence-corrected chi connectivity index (χ3v) is 10.9. The van der Waals surface area contributed by atoms with E-state index >= 15 is 0 Å². The molecule has 11 aromatic rings. The molecule has 0 spiro atoms. The van der Waals surface area contributed by atoms with Crippen LogP contribution in [-0.2, 0) is 0 Å². The van der Waals surface area contributed by atoms with Crippen LogP contribution in [-0.4, -0.2) is 15.0 Å². The summed E-state index contributed by atoms with van der Waals surface area (Å²) >= 11 is 0. The first-order chi connectivity index (χ1) is 28.2. The number of aromatic nitrogens is 3. The summed E-state index contributed by atoms with van der Waals surface area (Å²) in [6, 6.07) is 69.9. The molecule has 0 saturated heterocycles. The van der Waals surface area contributed by atoms with Gasteiger partial charge in [-0.2, -0.15) is 0 Å². The van der Waals surface area contributed by atoms with E-state index < -0.39 is 0 Å². The molecule has 9 aromatic carbocycles. The van der Waals surface area contributed by atoms with Crippen LogP contribution in [0.3, 0.4) is 0 Å². The van der Waals surface area contributed by atoms with Gasteiger partial charge in [-0.05, 0) is 72.8 Å². The first-order valence-corrected chi connectivity index (χ1v) is 19.2. The number of hydrogen-bond acceptors (Lipinski definition) is 4. The number of hydrogen-bond donors (Lipinski definition) is 0. The maximum absolute atomic E-state index is 6.37. The molecule has 2 aromatic heterocycles. The van der Waals surface area contributed by atoms with Crippen LogP contribution in [0.2, 0.25) is 0 Å². The zero-order valence-corrected chi connectivity index (χ0v) is 30.8. The van der Waals surface area contributed by atoms with Gasteiger partial charge in [0.25, 0.3) is 0 Å². The van der Waals surface area contributed by atoms with Gasteiger partial charge in [0.1, 0.15) is 11.3 Å². The number of nitrogens with zero attached hydrogens (tertiary/aromatic N) is 3. The first-order valence-electron chi connectivity index (χ1n) is 19.2. The predicted molar refractivity (Wildman–Crippen MR) is 235 cm³/mol. The third-order valence-electron chi connectivity index (χ3n) is 10.9. The van der Waals surface area contributed by atoms with Gasteiger partial charge in [0.2, 0.25) is 0 Å². The van der Waals surface area contributed by atoms with Gasteiger partial charge >= 0.3 is 0 Å². The van der Waals surface area contributed by atoms with Gasteiger partial charge in [0, 0.05) is 27.6 Å². The minimum atomic E-state index is 0.578. The molecule has 0 saturated carbocycles. The molecule has 0 aliphatic heterocycles. The fraction of sp³-hybridized carbons (Fsp3) is 0. The topological polar surface area (TPSA) is 51.8 Å². The summed E-state index contributed by atoms with van der Waals surface area (Å²) < 4.78 is 6.37. The number of fused-ring (bicyclic) bond motifs is 5. The van der Waals surface area contributed by atoms with Crippen LogP contribution in [0.1, 0.15) is 0 Å². The second-order valence-corrected chi connectivity index (χ2v) is 14.4. The second-order valence-electron chi connectivity index (χ2n) is 14.4. The van der Waals surface area contributed by atoms with E-state index in [0.717, 1.165) is 55.7 Å². The molecule has 57 heavy (non-hydrogen) atoms. The van der Waals surface area contributed by atoms with Gasteiger partial charge in [-0.1, -0.05) is 182 Å². The molecule has 0 bridgehead atoms. The molecule has 0 unspecified atom stereocenters. The smallest absolute Gasteiger partial charge is 0.164 e. The van der Waals surface area contributed by atoms with Crippen molar-refractivity contribution in [2.45, 2.75) is 0 Å². The highest BCUT2D eigenvalue weighted by atomic mass is 16.3. The Balaban J connectivity index is 1.06. The summed E-state index contributed by atoms with van der Waals surface area (Å²) in [5, 5.41) is 8.45. The maximum Gasteiger partial charge on any atom is 0.164 e. The van der Waals surface area contributed by atoms with E-state index in [-0.39, 0.29) is 0 Å². The average molecular weight is 728 g/mol. The minimum Gasteiger partial charge on any atom is -0.456 e. The molecule has 0 fully saturated rings. The molecular formula is C53H33N3O. The Labute approximate surface area is 329 Å². The van der Waals surface area contributed by atoms with Gasteiger partial charge in [-0.25, -0.2) is 15.0 Å². The lowest BCUT2D eigenvalue weighted by Gasteiger charge is -2.15. The van der Waals surface area contributed by atoms with Crippen LogP contribution in [0, 0.1) is 0 Å². The lowest BCUT2D eigenvalue weighted by atomic mass is 9.89. The summed E-state index contributed by atoms with van der Waals surface area (Å²) in [6.45, 7) is 0. The SMILES string of the molecule is c1ccc(-c2ccc(-c3nc(-c4ccc(-c5c6ccccc6cc6c5ccc5ccccc56)cc4)nc(-c4ccccc4-c4cc5ccccc5o4)n3)cc2)cc1. The summed E-state index contributed by atoms with van der Waals surface area (Å²) in [5.74, 6) is 2.54. The van der Waals surface area contributed by atoms with E-state index in [9.17, 15) is 0 Å². The zero-order valence-electron chi connectivity index (χ0n) is 30.8. The van der Waals surface area contributed by atoms with Crippen LogP contribution in [0.25, 0.3) is 111 Å². The Morgan fingerprint density at radius 3 is 1.58 bits per heavy atom. The molecule has 266 valence electrons. The minimum absolute atomic E-state index is 0.578. The molecule has 0 aliphatic rings. The van der Waals surface area contributed by atoms with Crippen molar-refractivity contribution in [2.75, 3.05) is 0 Å². The zero-order chi connectivity index (χ0) is 37.7. The van der Waals surface area contributed by atoms with E-state index in [4.69, 9.17) is 19.4 Å². The highest BCUT2D eigenvalue weighted by Crippen LogP contribution is 2.40. The second kappa shape index (κ2) is 13.6. The molecule has 2 heterocycles. The molecule has 11 rings (SSSR count). The fourth-order valence-corrected chi connectivity index (χ4v) is 8.12. The lowest BCUT2D eigenvalue weighted by molar-refractivity contribution is 0.631. The maximum atomic E-state index is 6.37. The van der Waals surface area contributed by atoms with Crippen molar-refractivity contribution in [1.29, 1.82) is 0 Å². The van der Waals surface area contributed by atoms with E-state index in [1.165, 1.54) is 37.9 Å². The van der Waals surface area contributed by atoms with Crippen molar-refractivity contribution >= 4 is 43.3 Å². The van der Waals surface area contributed by atoms with Crippen molar-refractivity contribution in [3.05, 3.63) is 200 Å². The van der Waals surface area contributed by atoms with Gasteiger partial charge in [0.15, 0.2) is 17.5 Å². The molecule has 0 amide bonds. The summed E-state index contributed by atoms with van der Waals surface area (Å²) in [7, 11) is 0. The van der Waals surface area contributed by atoms with Crippen molar-refractivity contribution in [3.8, 4) is 67.7 Å². The molecule has 4 heteroatoms. The van der Waals surface area contributed by atoms with E-state index in [1.807, 2.05) is 36.4 Å². The number of rotatable bonds is 6. The normalized spacial score (nSPS) is 11.5. The third kappa shape index (κ3) is 5.83. The molecule has 4 nitrogen and oxygen atoms in total. The first kappa shape index (κ1) is 32.7. The van der Waals surface area contributed by atoms with E-state index in [1.54, 1.807) is 0 Å². The molecular weight excluding hydrogens is 695 g/mol. The van der Waals surface area contributed by atoms with Crippen LogP contribution in [0.5, 0.6) is 0 Å². The van der Waals surface area contributed by atoms with Crippen LogP contribution in [0.4, 0.5) is 0 Å². The number of furan rings is 1. The van der Waals surface area contributed by atoms with E-state index in [0.29, 0.717) is 17.5 Å². The standard InChI is InChI=1S/C53H33N3O/c1-2-12-34(13-3-1)35-22-26-38(27-23-35)51-54-52(56-53(55-51)46-20-10-9-19-44(46)49-33-41-16-6-11-21-48(41)57-49)39-28-24-37(25-29-39)50-43-18-8-5-15-40(43)32-47-42-17-7-4-14-36(42)30-31-45(47)50/h1-33H. The Kier molecular flexibility index (Phi) is 7.78. The van der Waals surface area contributed by atoms with Crippen LogP contribution >= 0.6 is 0 Å². The quantitative estimate of drug-likeness (QED) is 0.126. The van der Waals surface area contributed by atoms with Crippen LogP contribution in [0.15, 0.2) is 205 Å². The summed E-state index contributed by atoms with van der Waals surface area (Å²) in [4.78, 5) is 15.4. The Morgan fingerprint density at radius 1 is 0.298 bits per heavy atom. The predicted octanol–water partition coefficient (Wildman–Crippen LogP) is 14.1. The van der Waals surface area contributed by atoms with Crippen molar-refractivity contribution in [3.63, 3.8) is 0 Å². The van der Waals surface area contributed by atoms with Crippen LogP contribution < -0.4 is 0 Å². The summed E-state index contributed by atoms with van der Waals surface area (Å²) in [6.07, 6.45) is 0. The largest absolute Gasteiger partial charge is 0.456 e. The van der Waals surface area contributed by atoms with Gasteiger partial charge in [0.05, 0.1) is 0 Å². The number of benzene rings is 9. The van der Waals surface area contributed by atoms with Gasteiger partial charge in [-0.3, -0.25) is 0 Å². The highest BCUT2D eigenvalue weighted by molar-refractivity contribution is 6.20. The van der Waals surface area contributed by atoms with Crippen molar-refractivity contribution in [2.24, 2.45) is 0 Å². The van der Waals surface area contributed by atoms with Crippen molar-refractivity contribution in [1.82, 2.24) is 15.0 Å². The summed E-state index contributed by atoms with van der Waals surface area (Å²) in [5.41, 5.74) is 9.09. The number of para-hydroxylation sites is 1. The van der Waals surface area contributed by atoms with Gasteiger partial charge < -0.3 is 4.42 Å². The molecule has 0 aliphatic carbocycles.